The zero-order chi connectivity index (χ0) is 11.3. The lowest BCUT2D eigenvalue weighted by Gasteiger charge is -1.98. The summed E-state index contributed by atoms with van der Waals surface area (Å²) in [5, 5.41) is 13.0. The quantitative estimate of drug-likeness (QED) is 0.444. The number of benzene rings is 1. The molecular formula is C11H12N2O2. The lowest BCUT2D eigenvalue weighted by Crippen LogP contribution is -2.17. The molecule has 2 N–H and O–H groups in total. The summed E-state index contributed by atoms with van der Waals surface area (Å²) < 4.78 is 0. The standard InChI is InChI=1S/C11H12N2O2/c1-8(2)11(15)13-12-7-9-5-3-4-6-10(9)14/h3-7,14H,1H2,2H3,(H,13,15)/b12-7+. The van der Waals surface area contributed by atoms with E-state index in [-0.39, 0.29) is 11.7 Å². The van der Waals surface area contributed by atoms with Crippen LogP contribution in [0.5, 0.6) is 5.75 Å². The van der Waals surface area contributed by atoms with Gasteiger partial charge in [-0.05, 0) is 19.1 Å². The minimum Gasteiger partial charge on any atom is -0.507 e. The molecule has 0 aliphatic carbocycles. The third-order valence-electron chi connectivity index (χ3n) is 1.69. The van der Waals surface area contributed by atoms with Crippen LogP contribution in [0.3, 0.4) is 0 Å². The van der Waals surface area contributed by atoms with Crippen molar-refractivity contribution in [1.29, 1.82) is 0 Å². The minimum atomic E-state index is -0.346. The fraction of sp³-hybridized carbons (Fsp3) is 0.0909. The predicted octanol–water partition coefficient (Wildman–Crippen LogP) is 1.42. The molecule has 0 aliphatic rings. The molecule has 0 radical (unpaired) electrons. The van der Waals surface area contributed by atoms with Gasteiger partial charge in [0.25, 0.3) is 5.91 Å². The SMILES string of the molecule is C=C(C)C(=O)N/N=C/c1ccccc1O. The maximum Gasteiger partial charge on any atom is 0.266 e. The maximum atomic E-state index is 11.0. The molecule has 1 amide bonds. The topological polar surface area (TPSA) is 61.7 Å². The number of para-hydroxylation sites is 1. The summed E-state index contributed by atoms with van der Waals surface area (Å²) in [6.45, 7) is 5.05. The van der Waals surface area contributed by atoms with E-state index in [0.717, 1.165) is 0 Å². The number of hydrazone groups is 1. The van der Waals surface area contributed by atoms with Crippen molar-refractivity contribution in [3.8, 4) is 5.75 Å². The van der Waals surface area contributed by atoms with E-state index in [4.69, 9.17) is 0 Å². The molecule has 4 heteroatoms. The number of nitrogens with zero attached hydrogens (tertiary/aromatic N) is 1. The lowest BCUT2D eigenvalue weighted by molar-refractivity contribution is -0.117. The third kappa shape index (κ3) is 3.27. The third-order valence-corrected chi connectivity index (χ3v) is 1.69. The first-order valence-electron chi connectivity index (χ1n) is 4.38. The molecule has 1 rings (SSSR count). The van der Waals surface area contributed by atoms with Crippen molar-refractivity contribution in [2.75, 3.05) is 0 Å². The van der Waals surface area contributed by atoms with Crippen LogP contribution in [0.1, 0.15) is 12.5 Å². The van der Waals surface area contributed by atoms with Crippen molar-refractivity contribution in [3.63, 3.8) is 0 Å². The number of rotatable bonds is 3. The second kappa shape index (κ2) is 4.95. The number of aromatic hydroxyl groups is 1. The predicted molar refractivity (Wildman–Crippen MR) is 58.7 cm³/mol. The van der Waals surface area contributed by atoms with Gasteiger partial charge in [-0.15, -0.1) is 0 Å². The smallest absolute Gasteiger partial charge is 0.266 e. The normalized spacial score (nSPS) is 10.2. The van der Waals surface area contributed by atoms with Crippen molar-refractivity contribution < 1.29 is 9.90 Å². The van der Waals surface area contributed by atoms with Crippen molar-refractivity contribution in [2.45, 2.75) is 6.92 Å². The molecule has 0 spiro atoms. The number of carbonyl (C=O) groups is 1. The average Bonchev–Trinajstić information content (AvgIpc) is 2.20. The summed E-state index contributed by atoms with van der Waals surface area (Å²) in [4.78, 5) is 11.0. The van der Waals surface area contributed by atoms with Crippen molar-refractivity contribution in [2.24, 2.45) is 5.10 Å². The Morgan fingerprint density at radius 3 is 2.80 bits per heavy atom. The van der Waals surface area contributed by atoms with Gasteiger partial charge in [0.2, 0.25) is 0 Å². The summed E-state index contributed by atoms with van der Waals surface area (Å²) in [5.41, 5.74) is 3.20. The van der Waals surface area contributed by atoms with E-state index in [1.54, 1.807) is 31.2 Å². The lowest BCUT2D eigenvalue weighted by atomic mass is 10.2. The van der Waals surface area contributed by atoms with Gasteiger partial charge in [0.1, 0.15) is 5.75 Å². The van der Waals surface area contributed by atoms with Crippen molar-refractivity contribution in [3.05, 3.63) is 42.0 Å². The Balaban J connectivity index is 2.63. The molecule has 0 heterocycles. The molecular weight excluding hydrogens is 192 g/mol. The van der Waals surface area contributed by atoms with Gasteiger partial charge in [-0.3, -0.25) is 4.79 Å². The number of hydrogen-bond donors (Lipinski definition) is 2. The second-order valence-corrected chi connectivity index (χ2v) is 3.04. The van der Waals surface area contributed by atoms with Gasteiger partial charge in [-0.1, -0.05) is 18.7 Å². The second-order valence-electron chi connectivity index (χ2n) is 3.04. The first-order chi connectivity index (χ1) is 7.11. The Hall–Kier alpha value is -2.10. The number of carbonyl (C=O) groups excluding carboxylic acids is 1. The van der Waals surface area contributed by atoms with Crippen LogP contribution in [-0.2, 0) is 4.79 Å². The Morgan fingerprint density at radius 1 is 1.53 bits per heavy atom. The van der Waals surface area contributed by atoms with Crippen LogP contribution >= 0.6 is 0 Å². The summed E-state index contributed by atoms with van der Waals surface area (Å²) in [5.74, 6) is -0.229. The number of phenolic OH excluding ortho intramolecular Hbond substituents is 1. The van der Waals surface area contributed by atoms with Crippen LogP contribution in [0.15, 0.2) is 41.5 Å². The van der Waals surface area contributed by atoms with E-state index < -0.39 is 0 Å². The van der Waals surface area contributed by atoms with Gasteiger partial charge in [-0.25, -0.2) is 5.43 Å². The number of amides is 1. The number of nitrogens with one attached hydrogen (secondary N) is 1. The van der Waals surface area contributed by atoms with Crippen molar-refractivity contribution >= 4 is 12.1 Å². The highest BCUT2D eigenvalue weighted by Gasteiger charge is 1.98. The van der Waals surface area contributed by atoms with Crippen LogP contribution in [-0.4, -0.2) is 17.2 Å². The molecule has 0 aromatic heterocycles. The molecule has 0 fully saturated rings. The minimum absolute atomic E-state index is 0.117. The van der Waals surface area contributed by atoms with E-state index in [1.165, 1.54) is 6.21 Å². The van der Waals surface area contributed by atoms with Gasteiger partial charge in [0, 0.05) is 11.1 Å². The van der Waals surface area contributed by atoms with E-state index in [2.05, 4.69) is 17.1 Å². The van der Waals surface area contributed by atoms with E-state index in [9.17, 15) is 9.90 Å². The Kier molecular flexibility index (Phi) is 3.62. The van der Waals surface area contributed by atoms with Crippen molar-refractivity contribution in [1.82, 2.24) is 5.43 Å². The molecule has 15 heavy (non-hydrogen) atoms. The molecule has 0 atom stereocenters. The van der Waals surface area contributed by atoms with Crippen LogP contribution in [0.2, 0.25) is 0 Å². The Labute approximate surface area is 87.9 Å². The highest BCUT2D eigenvalue weighted by molar-refractivity contribution is 5.93. The maximum absolute atomic E-state index is 11.0. The highest BCUT2D eigenvalue weighted by Crippen LogP contribution is 2.12. The van der Waals surface area contributed by atoms with E-state index >= 15 is 0 Å². The Morgan fingerprint density at radius 2 is 2.20 bits per heavy atom. The zero-order valence-electron chi connectivity index (χ0n) is 8.40. The fourth-order valence-electron chi connectivity index (χ4n) is 0.853. The molecule has 1 aromatic rings. The zero-order valence-corrected chi connectivity index (χ0v) is 8.40. The van der Waals surface area contributed by atoms with Crippen LogP contribution in [0.25, 0.3) is 0 Å². The highest BCUT2D eigenvalue weighted by atomic mass is 16.3. The van der Waals surface area contributed by atoms with Crippen LogP contribution in [0.4, 0.5) is 0 Å². The number of hydrogen-bond acceptors (Lipinski definition) is 3. The monoisotopic (exact) mass is 204 g/mol. The first-order valence-corrected chi connectivity index (χ1v) is 4.38. The van der Waals surface area contributed by atoms with E-state index in [1.807, 2.05) is 0 Å². The summed E-state index contributed by atoms with van der Waals surface area (Å²) >= 11 is 0. The fourth-order valence-corrected chi connectivity index (χ4v) is 0.853. The Bertz CT molecular complexity index is 411. The van der Waals surface area contributed by atoms with E-state index in [0.29, 0.717) is 11.1 Å². The molecule has 78 valence electrons. The first kappa shape index (κ1) is 11.0. The molecule has 4 nitrogen and oxygen atoms in total. The molecule has 1 aromatic carbocycles. The molecule has 0 saturated heterocycles. The van der Waals surface area contributed by atoms with Gasteiger partial charge in [0.15, 0.2) is 0 Å². The molecule has 0 bridgehead atoms. The van der Waals surface area contributed by atoms with Gasteiger partial charge in [0.05, 0.1) is 6.21 Å². The van der Waals surface area contributed by atoms with Gasteiger partial charge < -0.3 is 5.11 Å². The summed E-state index contributed by atoms with van der Waals surface area (Å²) in [6, 6.07) is 6.70. The summed E-state index contributed by atoms with van der Waals surface area (Å²) in [7, 11) is 0. The van der Waals surface area contributed by atoms with Gasteiger partial charge in [-0.2, -0.15) is 5.10 Å². The van der Waals surface area contributed by atoms with Gasteiger partial charge >= 0.3 is 0 Å². The molecule has 0 aliphatic heterocycles. The summed E-state index contributed by atoms with van der Waals surface area (Å²) in [6.07, 6.45) is 1.37. The van der Waals surface area contributed by atoms with Crippen LogP contribution < -0.4 is 5.43 Å². The largest absolute Gasteiger partial charge is 0.507 e. The number of phenols is 1. The molecule has 0 unspecified atom stereocenters. The van der Waals surface area contributed by atoms with Crippen LogP contribution in [0, 0.1) is 0 Å². The molecule has 0 saturated carbocycles. The average molecular weight is 204 g/mol.